The third-order valence-electron chi connectivity index (χ3n) is 1.61. The van der Waals surface area contributed by atoms with Gasteiger partial charge in [0.2, 0.25) is 0 Å². The van der Waals surface area contributed by atoms with Crippen molar-refractivity contribution in [3.8, 4) is 11.5 Å². The molecule has 0 unspecified atom stereocenters. The first-order valence-corrected chi connectivity index (χ1v) is 9.33. The molecule has 0 spiro atoms. The SMILES string of the molecule is O=S1(=O)OS(=O)(=O)Sc2c(O)ccc(O)c2S1. The van der Waals surface area contributed by atoms with Crippen LogP contribution in [0.1, 0.15) is 0 Å². The molecule has 0 aromatic heterocycles. The molecule has 0 saturated carbocycles. The zero-order chi connectivity index (χ0) is 12.8. The van der Waals surface area contributed by atoms with Gasteiger partial charge < -0.3 is 10.2 Å². The van der Waals surface area contributed by atoms with Gasteiger partial charge in [-0.1, -0.05) is 0 Å². The van der Waals surface area contributed by atoms with Crippen LogP contribution >= 0.6 is 21.6 Å². The fourth-order valence-electron chi connectivity index (χ4n) is 1.04. The van der Waals surface area contributed by atoms with Crippen molar-refractivity contribution >= 4 is 39.9 Å². The van der Waals surface area contributed by atoms with Crippen molar-refractivity contribution in [3.05, 3.63) is 12.1 Å². The molecule has 1 aromatic carbocycles. The normalized spacial score (nSPS) is 21.4. The number of fused-ring (bicyclic) bond motifs is 1. The van der Waals surface area contributed by atoms with E-state index in [2.05, 4.69) is 3.63 Å². The highest BCUT2D eigenvalue weighted by atomic mass is 33.2. The van der Waals surface area contributed by atoms with Crippen LogP contribution in [0, 0.1) is 0 Å². The average molecular weight is 316 g/mol. The fraction of sp³-hybridized carbons (Fsp3) is 0. The molecule has 0 atom stereocenters. The maximum absolute atomic E-state index is 11.3. The molecule has 1 aromatic rings. The predicted octanol–water partition coefficient (Wildman–Crippen LogP) is 0.802. The van der Waals surface area contributed by atoms with E-state index in [0.29, 0.717) is 0 Å². The summed E-state index contributed by atoms with van der Waals surface area (Å²) in [5.41, 5.74) is 0. The molecule has 1 heterocycles. The molecule has 0 aliphatic carbocycles. The Hall–Kier alpha value is -0.620. The van der Waals surface area contributed by atoms with Gasteiger partial charge in [0.15, 0.2) is 0 Å². The van der Waals surface area contributed by atoms with E-state index in [1.807, 2.05) is 0 Å². The number of benzene rings is 1. The second-order valence-electron chi connectivity index (χ2n) is 2.81. The van der Waals surface area contributed by atoms with Crippen LogP contribution < -0.4 is 0 Å². The summed E-state index contributed by atoms with van der Waals surface area (Å²) in [5.74, 6) is -0.917. The largest absolute Gasteiger partial charge is 0.507 e. The highest BCUT2D eigenvalue weighted by molar-refractivity contribution is 8.77. The molecule has 94 valence electrons. The van der Waals surface area contributed by atoms with Crippen LogP contribution in [0.5, 0.6) is 11.5 Å². The van der Waals surface area contributed by atoms with Crippen LogP contribution in [-0.2, 0) is 21.9 Å². The van der Waals surface area contributed by atoms with Crippen molar-refractivity contribution in [2.75, 3.05) is 0 Å². The zero-order valence-electron chi connectivity index (χ0n) is 7.72. The van der Waals surface area contributed by atoms with Crippen LogP contribution in [0.25, 0.3) is 0 Å². The van der Waals surface area contributed by atoms with Gasteiger partial charge in [-0.05, 0) is 12.1 Å². The number of hydrogen-bond acceptors (Lipinski definition) is 9. The minimum atomic E-state index is -4.44. The Morgan fingerprint density at radius 3 is 1.59 bits per heavy atom. The Morgan fingerprint density at radius 2 is 1.24 bits per heavy atom. The van der Waals surface area contributed by atoms with Crippen molar-refractivity contribution < 1.29 is 30.7 Å². The van der Waals surface area contributed by atoms with Gasteiger partial charge in [0.25, 0.3) is 0 Å². The minimum absolute atomic E-state index is 0.0181. The molecular formula is C6H4O7S4. The predicted molar refractivity (Wildman–Crippen MR) is 60.4 cm³/mol. The molecule has 1 aliphatic rings. The van der Waals surface area contributed by atoms with Crippen molar-refractivity contribution in [2.45, 2.75) is 9.79 Å². The van der Waals surface area contributed by atoms with Crippen molar-refractivity contribution in [2.24, 2.45) is 0 Å². The van der Waals surface area contributed by atoms with Gasteiger partial charge in [-0.15, -0.1) is 3.63 Å². The molecule has 7 nitrogen and oxygen atoms in total. The summed E-state index contributed by atoms with van der Waals surface area (Å²) in [6.07, 6.45) is 0. The summed E-state index contributed by atoms with van der Waals surface area (Å²) < 4.78 is 49.0. The van der Waals surface area contributed by atoms with Crippen LogP contribution in [0.15, 0.2) is 21.9 Å². The van der Waals surface area contributed by atoms with E-state index in [1.165, 1.54) is 0 Å². The Labute approximate surface area is 104 Å². The maximum atomic E-state index is 11.3. The van der Waals surface area contributed by atoms with Gasteiger partial charge in [0.1, 0.15) is 11.5 Å². The smallest absolute Gasteiger partial charge is 0.342 e. The lowest BCUT2D eigenvalue weighted by Crippen LogP contribution is -2.04. The highest BCUT2D eigenvalue weighted by Crippen LogP contribution is 2.50. The first-order valence-electron chi connectivity index (χ1n) is 3.85. The van der Waals surface area contributed by atoms with E-state index >= 15 is 0 Å². The van der Waals surface area contributed by atoms with Crippen LogP contribution in [0.2, 0.25) is 0 Å². The molecule has 0 amide bonds. The molecule has 11 heteroatoms. The van der Waals surface area contributed by atoms with E-state index < -0.39 is 29.8 Å². The van der Waals surface area contributed by atoms with Crippen molar-refractivity contribution in [3.63, 3.8) is 0 Å². The van der Waals surface area contributed by atoms with Crippen LogP contribution in [0.3, 0.4) is 0 Å². The first-order chi connectivity index (χ1) is 7.70. The highest BCUT2D eigenvalue weighted by Gasteiger charge is 2.35. The Balaban J connectivity index is 2.76. The Kier molecular flexibility index (Phi) is 2.98. The van der Waals surface area contributed by atoms with Gasteiger partial charge >= 0.3 is 18.3 Å². The molecular weight excluding hydrogens is 312 g/mol. The fourth-order valence-corrected chi connectivity index (χ4v) is 8.09. The Bertz CT molecular complexity index is 616. The third-order valence-corrected chi connectivity index (χ3v) is 7.86. The molecule has 0 radical (unpaired) electrons. The van der Waals surface area contributed by atoms with Gasteiger partial charge in [-0.2, -0.15) is 16.8 Å². The summed E-state index contributed by atoms with van der Waals surface area (Å²) in [5, 5.41) is 18.9. The molecule has 17 heavy (non-hydrogen) atoms. The second-order valence-corrected chi connectivity index (χ2v) is 9.59. The lowest BCUT2D eigenvalue weighted by Gasteiger charge is -2.05. The summed E-state index contributed by atoms with van der Waals surface area (Å²) >= 11 is 0. The summed E-state index contributed by atoms with van der Waals surface area (Å²) in [4.78, 5) is -0.563. The molecule has 0 bridgehead atoms. The van der Waals surface area contributed by atoms with Crippen LogP contribution in [0.4, 0.5) is 0 Å². The first kappa shape index (κ1) is 12.8. The number of aromatic hydroxyl groups is 2. The van der Waals surface area contributed by atoms with Gasteiger partial charge in [0, 0.05) is 21.6 Å². The zero-order valence-corrected chi connectivity index (χ0v) is 11.0. The second kappa shape index (κ2) is 3.95. The molecule has 2 rings (SSSR count). The lowest BCUT2D eigenvalue weighted by atomic mass is 10.3. The van der Waals surface area contributed by atoms with E-state index in [1.54, 1.807) is 0 Å². The molecule has 2 N–H and O–H groups in total. The quantitative estimate of drug-likeness (QED) is 0.529. The maximum Gasteiger partial charge on any atom is 0.342 e. The van der Waals surface area contributed by atoms with Gasteiger partial charge in [-0.3, -0.25) is 0 Å². The van der Waals surface area contributed by atoms with E-state index in [-0.39, 0.29) is 31.4 Å². The number of rotatable bonds is 0. The standard InChI is InChI=1S/C6H4O7S4/c7-3-1-2-4(8)6-5(3)14-16(9,10)13-17(11,12)15-6/h1-2,7-8H. The topological polar surface area (TPSA) is 118 Å². The summed E-state index contributed by atoms with van der Waals surface area (Å²) in [7, 11) is -8.85. The molecule has 1 aliphatic heterocycles. The van der Waals surface area contributed by atoms with Crippen molar-refractivity contribution in [1.82, 2.24) is 0 Å². The number of phenolic OH excluding ortho intramolecular Hbond substituents is 2. The minimum Gasteiger partial charge on any atom is -0.507 e. The Morgan fingerprint density at radius 1 is 0.882 bits per heavy atom. The average Bonchev–Trinajstić information content (AvgIpc) is 2.24. The monoisotopic (exact) mass is 316 g/mol. The van der Waals surface area contributed by atoms with E-state index in [4.69, 9.17) is 0 Å². The molecule has 0 saturated heterocycles. The summed E-state index contributed by atoms with van der Waals surface area (Å²) in [6, 6.07) is 2.10. The third kappa shape index (κ3) is 2.63. The van der Waals surface area contributed by atoms with E-state index in [9.17, 15) is 27.0 Å². The number of hydrogen-bond donors (Lipinski definition) is 2. The summed E-state index contributed by atoms with van der Waals surface area (Å²) in [6.45, 7) is 0. The van der Waals surface area contributed by atoms with Crippen molar-refractivity contribution in [1.29, 1.82) is 0 Å². The molecule has 0 fully saturated rings. The number of phenols is 2. The van der Waals surface area contributed by atoms with Crippen LogP contribution in [-0.4, -0.2) is 27.0 Å². The van der Waals surface area contributed by atoms with Gasteiger partial charge in [0.05, 0.1) is 9.79 Å². The lowest BCUT2D eigenvalue weighted by molar-refractivity contribution is 0.436. The van der Waals surface area contributed by atoms with E-state index in [0.717, 1.165) is 12.1 Å². The van der Waals surface area contributed by atoms with Gasteiger partial charge in [-0.25, -0.2) is 0 Å².